The Morgan fingerprint density at radius 1 is 0.346 bits per heavy atom. The molecule has 1 saturated heterocycles. The Labute approximate surface area is 424 Å². The van der Waals surface area contributed by atoms with Gasteiger partial charge < -0.3 is 119 Å². The number of cyclic esters (lactones) is 1. The summed E-state index contributed by atoms with van der Waals surface area (Å²) in [6.45, 7) is -1.46. The van der Waals surface area contributed by atoms with Crippen molar-refractivity contribution in [3.05, 3.63) is 67.4 Å². The number of aromatic hydroxyl groups is 16. The van der Waals surface area contributed by atoms with E-state index >= 15 is 0 Å². The Bertz CT molecular complexity index is 4240. The molecule has 2 aromatic heterocycles. The van der Waals surface area contributed by atoms with Gasteiger partial charge in [0.05, 0.1) is 33.0 Å². The number of ether oxygens (including phenoxy) is 5. The summed E-state index contributed by atoms with van der Waals surface area (Å²) in [4.78, 5) is 86.6. The van der Waals surface area contributed by atoms with Gasteiger partial charge in [0.2, 0.25) is 34.5 Å². The van der Waals surface area contributed by atoms with Crippen molar-refractivity contribution in [3.8, 4) is 125 Å². The van der Waals surface area contributed by atoms with E-state index in [4.69, 9.17) is 32.5 Å². The Balaban J connectivity index is 1.22. The summed E-state index contributed by atoms with van der Waals surface area (Å²) in [5.74, 6) is -31.1. The fourth-order valence-electron chi connectivity index (χ4n) is 9.72. The largest absolute Gasteiger partial charge is 0.504 e. The van der Waals surface area contributed by atoms with Crippen LogP contribution < -0.4 is 11.3 Å². The van der Waals surface area contributed by atoms with Gasteiger partial charge in [0.1, 0.15) is 12.7 Å². The van der Waals surface area contributed by atoms with Crippen LogP contribution in [0, 0.1) is 0 Å². The molecule has 30 nitrogen and oxygen atoms in total. The van der Waals surface area contributed by atoms with Crippen molar-refractivity contribution in [2.45, 2.75) is 30.7 Å². The number of carbonyl (C=O) groups excluding carboxylic acids is 4. The zero-order chi connectivity index (χ0) is 56.3. The highest BCUT2D eigenvalue weighted by molar-refractivity contribution is 6.29. The minimum atomic E-state index is -2.70. The summed E-state index contributed by atoms with van der Waals surface area (Å²) < 4.78 is 38.5. The molecule has 0 amide bonds. The second-order valence-electron chi connectivity index (χ2n) is 17.4. The van der Waals surface area contributed by atoms with E-state index in [9.17, 15) is 116 Å². The first-order chi connectivity index (χ1) is 36.8. The topological polar surface area (TPSA) is 519 Å². The van der Waals surface area contributed by atoms with Crippen molar-refractivity contribution >= 4 is 56.6 Å². The molecule has 6 aromatic carbocycles. The number of esters is 4. The van der Waals surface area contributed by atoms with Gasteiger partial charge in [-0.1, -0.05) is 0 Å². The van der Waals surface area contributed by atoms with Crippen LogP contribution in [0.4, 0.5) is 0 Å². The monoisotopic (exact) mass is 1080 g/mol. The lowest BCUT2D eigenvalue weighted by atomic mass is 9.88. The first-order valence-electron chi connectivity index (χ1n) is 21.7. The maximum atomic E-state index is 15.0. The predicted octanol–water partition coefficient (Wildman–Crippen LogP) is 1.96. The maximum Gasteiger partial charge on any atom is 0.345 e. The predicted molar refractivity (Wildman–Crippen MR) is 245 cm³/mol. The highest BCUT2D eigenvalue weighted by Crippen LogP contribution is 2.59. The number of carbonyl (C=O) groups is 4. The second-order valence-corrected chi connectivity index (χ2v) is 17.4. The van der Waals surface area contributed by atoms with Gasteiger partial charge in [0.15, 0.2) is 93.3 Å². The van der Waals surface area contributed by atoms with E-state index in [1.165, 1.54) is 0 Å². The number of benzene rings is 6. The zero-order valence-electron chi connectivity index (χ0n) is 37.8. The molecule has 11 rings (SSSR count). The molecule has 3 aliphatic heterocycles. The number of aliphatic hydroxyl groups excluding tert-OH is 1. The molecule has 1 unspecified atom stereocenters. The van der Waals surface area contributed by atoms with Crippen molar-refractivity contribution in [3.63, 3.8) is 0 Å². The van der Waals surface area contributed by atoms with Crippen molar-refractivity contribution in [1.29, 1.82) is 0 Å². The average Bonchev–Trinajstić information content (AvgIpc) is 3.11. The number of phenolic OH excluding ortho intramolecular Hbond substituents is 16. The molecule has 3 aliphatic rings. The lowest BCUT2D eigenvalue weighted by Gasteiger charge is -2.43. The lowest BCUT2D eigenvalue weighted by molar-refractivity contribution is -0.284. The summed E-state index contributed by atoms with van der Waals surface area (Å²) in [5.41, 5.74) is -17.8. The molecule has 17 N–H and O–H groups in total. The number of fused-ring (bicyclic) bond motifs is 10. The first kappa shape index (κ1) is 49.1. The van der Waals surface area contributed by atoms with Crippen LogP contribution in [0.2, 0.25) is 0 Å². The average molecular weight is 1080 g/mol. The fourth-order valence-corrected chi connectivity index (χ4v) is 9.72. The van der Waals surface area contributed by atoms with E-state index in [0.717, 1.165) is 0 Å². The summed E-state index contributed by atoms with van der Waals surface area (Å²) >= 11 is 0. The van der Waals surface area contributed by atoms with E-state index in [1.54, 1.807) is 0 Å². The second kappa shape index (κ2) is 16.4. The Morgan fingerprint density at radius 3 is 1.03 bits per heavy atom. The number of hydrogen-bond acceptors (Lipinski definition) is 30. The van der Waals surface area contributed by atoms with Crippen molar-refractivity contribution in [1.82, 2.24) is 0 Å². The van der Waals surface area contributed by atoms with E-state index in [0.29, 0.717) is 24.3 Å². The van der Waals surface area contributed by atoms with Gasteiger partial charge in [0, 0.05) is 44.2 Å². The number of phenols is 16. The van der Waals surface area contributed by atoms with Crippen LogP contribution >= 0.6 is 0 Å². The van der Waals surface area contributed by atoms with Gasteiger partial charge >= 0.3 is 35.1 Å². The van der Waals surface area contributed by atoms with E-state index in [2.05, 4.69) is 0 Å². The summed E-state index contributed by atoms with van der Waals surface area (Å²) in [6.07, 6.45) is -12.9. The zero-order valence-corrected chi connectivity index (χ0v) is 37.8. The van der Waals surface area contributed by atoms with Crippen LogP contribution in [0.25, 0.3) is 66.1 Å². The summed E-state index contributed by atoms with van der Waals surface area (Å²) in [6, 6.07) is 1.42. The molecule has 0 radical (unpaired) electrons. The van der Waals surface area contributed by atoms with Gasteiger partial charge in [-0.15, -0.1) is 0 Å². The number of rotatable bonds is 0. The van der Waals surface area contributed by atoms with Crippen molar-refractivity contribution in [2.75, 3.05) is 6.61 Å². The van der Waals surface area contributed by atoms with Crippen LogP contribution in [-0.2, 0) is 23.7 Å². The van der Waals surface area contributed by atoms with Crippen LogP contribution in [0.3, 0.4) is 0 Å². The molecular formula is C48H28O30. The molecule has 8 aromatic rings. The van der Waals surface area contributed by atoms with Crippen LogP contribution in [-0.4, -0.2) is 148 Å². The van der Waals surface area contributed by atoms with Crippen LogP contribution in [0.5, 0.6) is 92.0 Å². The standard InChI is InChI=1S/C48H28O30/c49-10-1-6-17(31(59)27(10)55)19-23-21-22-24(47(70)76-38(21)35(63)33(19)61)20(34(62)36(64)39(22)75-46(23)69)18-9(4-13(52)28(56)32(18)60)43(66)74-37-14(5-72-42(6)65)73-48(71)41-40(37)77-44(67)7-2-11(50)25(53)29(57)15(7)16-8(45(68)78-41)3-12(51)26(54)30(16)58/h1-4,14,37,40-41,48-64,71H,5H2/t14-,37-,40+,41-,48?/m1/s1. The Kier molecular flexibility index (Phi) is 10.3. The molecule has 30 heteroatoms. The molecule has 0 spiro atoms. The molecule has 5 heterocycles. The molecule has 0 saturated carbocycles. The Hall–Kier alpha value is -11.1. The molecule has 78 heavy (non-hydrogen) atoms. The highest BCUT2D eigenvalue weighted by atomic mass is 16.7. The quantitative estimate of drug-likeness (QED) is 0.0339. The highest BCUT2D eigenvalue weighted by Gasteiger charge is 2.54. The van der Waals surface area contributed by atoms with Gasteiger partial charge in [-0.25, -0.2) is 28.8 Å². The van der Waals surface area contributed by atoms with Crippen LogP contribution in [0.1, 0.15) is 41.4 Å². The maximum absolute atomic E-state index is 15.0. The summed E-state index contributed by atoms with van der Waals surface area (Å²) in [5, 5.41) is 185. The SMILES string of the molecule is O=C1O[C@H]2[C@@H]3OC(=O)c4cc(O)c(O)c(O)c4-c4c(O)c(O)c5oc(=O)c6c(c(O)c(O)c7oc(=O)c4c5c76)-c4c(cc(O)c(O)c4O)C(=O)OC[C@H]3OC(O)[C@@H]2OC(=O)c2cc(O)c(O)c(O)c2-c2c1cc(O)c(O)c2O. The normalized spacial score (nSPS) is 19.3. The third-order valence-corrected chi connectivity index (χ3v) is 13.2. The molecule has 0 aliphatic carbocycles. The van der Waals surface area contributed by atoms with E-state index < -0.39 is 253 Å². The number of hydrogen-bond donors (Lipinski definition) is 17. The minimum Gasteiger partial charge on any atom is -0.504 e. The number of aliphatic hydroxyl groups is 1. The molecule has 1 fully saturated rings. The van der Waals surface area contributed by atoms with Crippen molar-refractivity contribution in [2.24, 2.45) is 0 Å². The van der Waals surface area contributed by atoms with Gasteiger partial charge in [0.25, 0.3) is 0 Å². The summed E-state index contributed by atoms with van der Waals surface area (Å²) in [7, 11) is 0. The van der Waals surface area contributed by atoms with Gasteiger partial charge in [-0.2, -0.15) is 0 Å². The lowest BCUT2D eigenvalue weighted by Crippen LogP contribution is -2.62. The van der Waals surface area contributed by atoms with Gasteiger partial charge in [-0.05, 0) is 24.3 Å². The molecule has 400 valence electrons. The first-order valence-corrected chi connectivity index (χ1v) is 21.7. The van der Waals surface area contributed by atoms with Crippen LogP contribution in [0.15, 0.2) is 42.7 Å². The Morgan fingerprint density at radius 2 is 0.654 bits per heavy atom. The van der Waals surface area contributed by atoms with E-state index in [1.807, 2.05) is 0 Å². The van der Waals surface area contributed by atoms with Crippen molar-refractivity contribution < 1.29 is 139 Å². The minimum absolute atomic E-state index is 0.293. The third kappa shape index (κ3) is 6.49. The van der Waals surface area contributed by atoms with E-state index in [-0.39, 0.29) is 0 Å². The molecular weight excluding hydrogens is 1060 g/mol. The molecule has 5 atom stereocenters. The fraction of sp³-hybridized carbons (Fsp3) is 0.125. The molecule has 6 bridgehead atoms. The van der Waals surface area contributed by atoms with Gasteiger partial charge in [-0.3, -0.25) is 0 Å². The third-order valence-electron chi connectivity index (χ3n) is 13.2. The smallest absolute Gasteiger partial charge is 0.345 e.